The van der Waals surface area contributed by atoms with Gasteiger partial charge in [0.05, 0.1) is 18.9 Å². The number of methoxy groups -OCH3 is 1. The van der Waals surface area contributed by atoms with Gasteiger partial charge in [0, 0.05) is 24.5 Å². The predicted octanol–water partition coefficient (Wildman–Crippen LogP) is 1.84. The van der Waals surface area contributed by atoms with Crippen LogP contribution in [0.4, 0.5) is 5.69 Å². The molecule has 8 heteroatoms. The summed E-state index contributed by atoms with van der Waals surface area (Å²) in [6.07, 6.45) is 3.41. The number of aryl methyl sites for hydroxylation is 2. The minimum absolute atomic E-state index is 0. The zero-order chi connectivity index (χ0) is 17.0. The Morgan fingerprint density at radius 3 is 2.58 bits per heavy atom. The van der Waals surface area contributed by atoms with E-state index >= 15 is 0 Å². The zero-order valence-corrected chi connectivity index (χ0v) is 14.8. The summed E-state index contributed by atoms with van der Waals surface area (Å²) in [5, 5.41) is 9.83. The van der Waals surface area contributed by atoms with Crippen molar-refractivity contribution in [3.63, 3.8) is 0 Å². The highest BCUT2D eigenvalue weighted by atomic mass is 35.5. The van der Waals surface area contributed by atoms with Crippen LogP contribution in [0.2, 0.25) is 0 Å². The molecule has 0 aliphatic rings. The molecule has 2 rings (SSSR count). The molecule has 1 unspecified atom stereocenters. The lowest BCUT2D eigenvalue weighted by Gasteiger charge is -2.15. The van der Waals surface area contributed by atoms with Crippen molar-refractivity contribution in [1.29, 1.82) is 0 Å². The smallest absolute Gasteiger partial charge is 0.338 e. The van der Waals surface area contributed by atoms with E-state index < -0.39 is 12.0 Å². The second-order valence-corrected chi connectivity index (χ2v) is 5.18. The van der Waals surface area contributed by atoms with Gasteiger partial charge in [-0.05, 0) is 31.7 Å². The van der Waals surface area contributed by atoms with Crippen molar-refractivity contribution in [3.8, 4) is 0 Å². The molecule has 7 nitrogen and oxygen atoms in total. The fraction of sp³-hybridized carbons (Fsp3) is 0.312. The molecular formula is C16H21ClN4O3. The van der Waals surface area contributed by atoms with E-state index in [-0.39, 0.29) is 18.3 Å². The normalized spacial score (nSPS) is 11.3. The largest absolute Gasteiger partial charge is 0.465 e. The Morgan fingerprint density at radius 1 is 1.33 bits per heavy atom. The SMILES string of the molecule is CNC(C(=O)Nc1ccc(C)c(C(=O)OC)c1)c1cnn(C)c1.Cl. The molecule has 1 heterocycles. The highest BCUT2D eigenvalue weighted by Crippen LogP contribution is 2.19. The third-order valence-electron chi connectivity index (χ3n) is 3.52. The lowest BCUT2D eigenvalue weighted by Crippen LogP contribution is -2.30. The number of likely N-dealkylation sites (N-methyl/N-ethyl adjacent to an activating group) is 1. The lowest BCUT2D eigenvalue weighted by atomic mass is 10.1. The van der Waals surface area contributed by atoms with Crippen molar-refractivity contribution >= 4 is 30.0 Å². The van der Waals surface area contributed by atoms with E-state index in [2.05, 4.69) is 15.7 Å². The number of ether oxygens (including phenoxy) is 1. The zero-order valence-electron chi connectivity index (χ0n) is 14.0. The molecule has 0 aliphatic carbocycles. The first-order valence-electron chi connectivity index (χ1n) is 7.12. The summed E-state index contributed by atoms with van der Waals surface area (Å²) in [5.74, 6) is -0.670. The molecule has 0 radical (unpaired) electrons. The Morgan fingerprint density at radius 2 is 2.04 bits per heavy atom. The maximum Gasteiger partial charge on any atom is 0.338 e. The quantitative estimate of drug-likeness (QED) is 0.802. The van der Waals surface area contributed by atoms with Gasteiger partial charge in [0.1, 0.15) is 6.04 Å². The predicted molar refractivity (Wildman–Crippen MR) is 93.4 cm³/mol. The summed E-state index contributed by atoms with van der Waals surface area (Å²) < 4.78 is 6.38. The summed E-state index contributed by atoms with van der Waals surface area (Å²) in [4.78, 5) is 24.2. The molecule has 2 N–H and O–H groups in total. The molecule has 24 heavy (non-hydrogen) atoms. The van der Waals surface area contributed by atoms with Crippen molar-refractivity contribution in [2.24, 2.45) is 7.05 Å². The van der Waals surface area contributed by atoms with Crippen LogP contribution in [0.5, 0.6) is 0 Å². The monoisotopic (exact) mass is 352 g/mol. The van der Waals surface area contributed by atoms with Gasteiger partial charge in [0.25, 0.3) is 0 Å². The van der Waals surface area contributed by atoms with Gasteiger partial charge in [-0.2, -0.15) is 5.10 Å². The number of carbonyl (C=O) groups excluding carboxylic acids is 2. The lowest BCUT2D eigenvalue weighted by molar-refractivity contribution is -0.118. The number of amides is 1. The standard InChI is InChI=1S/C16H20N4O3.ClH/c1-10-5-6-12(7-13(10)16(22)23-4)19-15(21)14(17-2)11-8-18-20(3)9-11;/h5-9,14,17H,1-4H3,(H,19,21);1H. The number of halogens is 1. The van der Waals surface area contributed by atoms with E-state index in [0.717, 1.165) is 11.1 Å². The van der Waals surface area contributed by atoms with Crippen LogP contribution in [-0.4, -0.2) is 35.8 Å². The average molecular weight is 353 g/mol. The first-order chi connectivity index (χ1) is 11.0. The van der Waals surface area contributed by atoms with Crippen molar-refractivity contribution in [3.05, 3.63) is 47.3 Å². The molecule has 0 aliphatic heterocycles. The average Bonchev–Trinajstić information content (AvgIpc) is 2.95. The van der Waals surface area contributed by atoms with Gasteiger partial charge < -0.3 is 15.4 Å². The maximum atomic E-state index is 12.5. The minimum atomic E-state index is -0.536. The molecule has 0 saturated carbocycles. The summed E-state index contributed by atoms with van der Waals surface area (Å²) in [6, 6.07) is 4.58. The van der Waals surface area contributed by atoms with Crippen molar-refractivity contribution in [1.82, 2.24) is 15.1 Å². The van der Waals surface area contributed by atoms with Crippen LogP contribution in [0.25, 0.3) is 0 Å². The number of hydrogen-bond donors (Lipinski definition) is 2. The first-order valence-corrected chi connectivity index (χ1v) is 7.12. The minimum Gasteiger partial charge on any atom is -0.465 e. The number of nitrogens with zero attached hydrogens (tertiary/aromatic N) is 2. The molecule has 2 aromatic rings. The summed E-state index contributed by atoms with van der Waals surface area (Å²) >= 11 is 0. The van der Waals surface area contributed by atoms with Gasteiger partial charge in [-0.1, -0.05) is 6.07 Å². The van der Waals surface area contributed by atoms with Crippen molar-refractivity contribution in [2.75, 3.05) is 19.5 Å². The summed E-state index contributed by atoms with van der Waals surface area (Å²) in [5.41, 5.74) is 2.50. The summed E-state index contributed by atoms with van der Waals surface area (Å²) in [6.45, 7) is 1.81. The molecule has 0 saturated heterocycles. The van der Waals surface area contributed by atoms with E-state index in [1.54, 1.807) is 49.4 Å². The Labute approximate surface area is 146 Å². The van der Waals surface area contributed by atoms with Crippen LogP contribution >= 0.6 is 12.4 Å². The molecule has 0 spiro atoms. The van der Waals surface area contributed by atoms with Crippen LogP contribution < -0.4 is 10.6 Å². The van der Waals surface area contributed by atoms with E-state index in [4.69, 9.17) is 4.74 Å². The third-order valence-corrected chi connectivity index (χ3v) is 3.52. The van der Waals surface area contributed by atoms with Gasteiger partial charge >= 0.3 is 5.97 Å². The number of aromatic nitrogens is 2. The van der Waals surface area contributed by atoms with Gasteiger partial charge in [0.2, 0.25) is 5.91 Å². The van der Waals surface area contributed by atoms with Gasteiger partial charge in [-0.25, -0.2) is 4.79 Å². The maximum absolute atomic E-state index is 12.5. The molecule has 1 amide bonds. The van der Waals surface area contributed by atoms with Crippen molar-refractivity contribution < 1.29 is 14.3 Å². The summed E-state index contributed by atoms with van der Waals surface area (Å²) in [7, 11) is 4.81. The van der Waals surface area contributed by atoms with Gasteiger partial charge in [0.15, 0.2) is 0 Å². The van der Waals surface area contributed by atoms with Crippen LogP contribution in [0.3, 0.4) is 0 Å². The topological polar surface area (TPSA) is 85.2 Å². The van der Waals surface area contributed by atoms with Crippen LogP contribution in [0.15, 0.2) is 30.6 Å². The van der Waals surface area contributed by atoms with Crippen LogP contribution in [-0.2, 0) is 16.6 Å². The Hall–Kier alpha value is -2.38. The molecule has 0 fully saturated rings. The molecular weight excluding hydrogens is 332 g/mol. The number of anilines is 1. The fourth-order valence-electron chi connectivity index (χ4n) is 2.28. The Kier molecular flexibility index (Phi) is 6.94. The molecule has 0 bridgehead atoms. The fourth-order valence-corrected chi connectivity index (χ4v) is 2.28. The molecule has 1 aromatic heterocycles. The Balaban J connectivity index is 0.00000288. The van der Waals surface area contributed by atoms with Gasteiger partial charge in [-0.15, -0.1) is 12.4 Å². The van der Waals surface area contributed by atoms with Gasteiger partial charge in [-0.3, -0.25) is 9.48 Å². The van der Waals surface area contributed by atoms with Crippen molar-refractivity contribution in [2.45, 2.75) is 13.0 Å². The van der Waals surface area contributed by atoms with Crippen LogP contribution in [0, 0.1) is 6.92 Å². The number of benzene rings is 1. The molecule has 1 aromatic carbocycles. The number of rotatable bonds is 5. The van der Waals surface area contributed by atoms with E-state index in [1.807, 2.05) is 6.92 Å². The van der Waals surface area contributed by atoms with E-state index in [9.17, 15) is 9.59 Å². The molecule has 1 atom stereocenters. The first kappa shape index (κ1) is 19.7. The highest BCUT2D eigenvalue weighted by molar-refractivity contribution is 5.98. The second-order valence-electron chi connectivity index (χ2n) is 5.18. The highest BCUT2D eigenvalue weighted by Gasteiger charge is 2.21. The number of hydrogen-bond acceptors (Lipinski definition) is 5. The van der Waals surface area contributed by atoms with E-state index in [0.29, 0.717) is 11.3 Å². The number of carbonyl (C=O) groups is 2. The Bertz CT molecular complexity index is 730. The molecule has 130 valence electrons. The third kappa shape index (κ3) is 4.33. The number of esters is 1. The van der Waals surface area contributed by atoms with E-state index in [1.165, 1.54) is 7.11 Å². The number of nitrogens with one attached hydrogen (secondary N) is 2. The second kappa shape index (κ2) is 8.47. The van der Waals surface area contributed by atoms with Crippen LogP contribution in [0.1, 0.15) is 27.5 Å².